The Kier molecular flexibility index (Phi) is 4.26. The summed E-state index contributed by atoms with van der Waals surface area (Å²) in [7, 11) is 4.38. The Morgan fingerprint density at radius 1 is 1.29 bits per heavy atom. The zero-order valence-electron chi connectivity index (χ0n) is 13.3. The Morgan fingerprint density at radius 2 is 2.05 bits per heavy atom. The van der Waals surface area contributed by atoms with Crippen LogP contribution in [-0.4, -0.2) is 71.7 Å². The van der Waals surface area contributed by atoms with Gasteiger partial charge in [0.15, 0.2) is 0 Å². The first-order valence-corrected chi connectivity index (χ1v) is 8.42. The molecular formula is C16H29N3O2. The van der Waals surface area contributed by atoms with Crippen LogP contribution in [0.1, 0.15) is 44.9 Å². The highest BCUT2D eigenvalue weighted by Crippen LogP contribution is 2.37. The van der Waals surface area contributed by atoms with Crippen molar-refractivity contribution in [2.24, 2.45) is 0 Å². The number of carboxylic acids is 1. The first kappa shape index (κ1) is 15.3. The number of carbonyl (C=O) groups is 1. The minimum Gasteiger partial charge on any atom is -0.480 e. The van der Waals surface area contributed by atoms with E-state index in [1.54, 1.807) is 0 Å². The van der Waals surface area contributed by atoms with Crippen LogP contribution >= 0.6 is 0 Å². The molecule has 0 aromatic heterocycles. The van der Waals surface area contributed by atoms with Crippen LogP contribution in [0.25, 0.3) is 0 Å². The Hall–Kier alpha value is -0.650. The fraction of sp³-hybridized carbons (Fsp3) is 0.938. The molecule has 2 aliphatic carbocycles. The fourth-order valence-electron chi connectivity index (χ4n) is 4.14. The molecule has 2 saturated carbocycles. The molecule has 3 rings (SSSR count). The third-order valence-corrected chi connectivity index (χ3v) is 5.71. The molecule has 5 nitrogen and oxygen atoms in total. The molecule has 21 heavy (non-hydrogen) atoms. The minimum atomic E-state index is -0.666. The topological polar surface area (TPSA) is 55.8 Å². The average Bonchev–Trinajstić information content (AvgIpc) is 3.14. The summed E-state index contributed by atoms with van der Waals surface area (Å²) in [4.78, 5) is 16.7. The third kappa shape index (κ3) is 3.25. The SMILES string of the molecule is CN1CCCC(N(C)C2CCC(NC3CC3)(C(=O)O)C2)C1. The maximum Gasteiger partial charge on any atom is 0.323 e. The maximum absolute atomic E-state index is 11.8. The summed E-state index contributed by atoms with van der Waals surface area (Å²) in [5.74, 6) is -0.647. The van der Waals surface area contributed by atoms with E-state index in [4.69, 9.17) is 0 Å². The van der Waals surface area contributed by atoms with E-state index in [1.807, 2.05) is 0 Å². The van der Waals surface area contributed by atoms with Gasteiger partial charge in [0.2, 0.25) is 0 Å². The molecule has 0 aromatic rings. The Labute approximate surface area is 127 Å². The van der Waals surface area contributed by atoms with Gasteiger partial charge in [-0.25, -0.2) is 0 Å². The molecule has 1 aliphatic heterocycles. The fourth-order valence-corrected chi connectivity index (χ4v) is 4.14. The molecule has 3 fully saturated rings. The second-order valence-corrected chi connectivity index (χ2v) is 7.43. The van der Waals surface area contributed by atoms with Crippen LogP contribution < -0.4 is 5.32 Å². The highest BCUT2D eigenvalue weighted by Gasteiger charge is 2.49. The summed E-state index contributed by atoms with van der Waals surface area (Å²) < 4.78 is 0. The largest absolute Gasteiger partial charge is 0.480 e. The molecular weight excluding hydrogens is 266 g/mol. The molecule has 0 bridgehead atoms. The lowest BCUT2D eigenvalue weighted by atomic mass is 9.96. The second-order valence-electron chi connectivity index (χ2n) is 7.43. The van der Waals surface area contributed by atoms with Crippen LogP contribution in [0.4, 0.5) is 0 Å². The molecule has 0 amide bonds. The molecule has 0 spiro atoms. The van der Waals surface area contributed by atoms with E-state index < -0.39 is 11.5 Å². The first-order chi connectivity index (χ1) is 10.00. The van der Waals surface area contributed by atoms with Crippen LogP contribution in [0.15, 0.2) is 0 Å². The van der Waals surface area contributed by atoms with Crippen molar-refractivity contribution in [1.82, 2.24) is 15.1 Å². The highest BCUT2D eigenvalue weighted by molar-refractivity contribution is 5.79. The van der Waals surface area contributed by atoms with Gasteiger partial charge in [-0.15, -0.1) is 0 Å². The standard InChI is InChI=1S/C16H29N3O2/c1-18-9-3-4-14(11-18)19(2)13-7-8-16(10-13,15(20)21)17-12-5-6-12/h12-14,17H,3-11H2,1-2H3,(H,20,21). The molecule has 1 heterocycles. The smallest absolute Gasteiger partial charge is 0.323 e. The molecule has 0 aromatic carbocycles. The van der Waals surface area contributed by atoms with Gasteiger partial charge in [-0.2, -0.15) is 0 Å². The first-order valence-electron chi connectivity index (χ1n) is 8.42. The summed E-state index contributed by atoms with van der Waals surface area (Å²) in [5.41, 5.74) is -0.666. The van der Waals surface area contributed by atoms with Crippen molar-refractivity contribution in [3.63, 3.8) is 0 Å². The van der Waals surface area contributed by atoms with Crippen LogP contribution in [0.2, 0.25) is 0 Å². The zero-order valence-corrected chi connectivity index (χ0v) is 13.3. The van der Waals surface area contributed by atoms with Crippen LogP contribution in [0, 0.1) is 0 Å². The van der Waals surface area contributed by atoms with Crippen LogP contribution in [-0.2, 0) is 4.79 Å². The predicted molar refractivity (Wildman–Crippen MR) is 82.4 cm³/mol. The number of hydrogen-bond acceptors (Lipinski definition) is 4. The van der Waals surface area contributed by atoms with Gasteiger partial charge in [0.05, 0.1) is 0 Å². The molecule has 3 aliphatic rings. The Balaban J connectivity index is 1.62. The van der Waals surface area contributed by atoms with Crippen molar-refractivity contribution in [1.29, 1.82) is 0 Å². The van der Waals surface area contributed by atoms with E-state index in [2.05, 4.69) is 29.2 Å². The number of hydrogen-bond donors (Lipinski definition) is 2. The van der Waals surface area contributed by atoms with Crippen molar-refractivity contribution >= 4 is 5.97 Å². The Morgan fingerprint density at radius 3 is 2.67 bits per heavy atom. The molecule has 3 atom stereocenters. The number of nitrogens with one attached hydrogen (secondary N) is 1. The van der Waals surface area contributed by atoms with Crippen molar-refractivity contribution in [3.05, 3.63) is 0 Å². The van der Waals surface area contributed by atoms with E-state index in [1.165, 1.54) is 19.4 Å². The number of likely N-dealkylation sites (N-methyl/N-ethyl adjacent to an activating group) is 2. The average molecular weight is 295 g/mol. The lowest BCUT2D eigenvalue weighted by Crippen LogP contribution is -2.53. The van der Waals surface area contributed by atoms with Gasteiger partial charge in [0, 0.05) is 24.7 Å². The summed E-state index contributed by atoms with van der Waals surface area (Å²) in [6, 6.07) is 1.44. The summed E-state index contributed by atoms with van der Waals surface area (Å²) in [6.07, 6.45) is 7.32. The quantitative estimate of drug-likeness (QED) is 0.796. The van der Waals surface area contributed by atoms with E-state index in [0.29, 0.717) is 18.1 Å². The van der Waals surface area contributed by atoms with Gasteiger partial charge in [0.25, 0.3) is 0 Å². The van der Waals surface area contributed by atoms with Gasteiger partial charge in [-0.1, -0.05) is 0 Å². The van der Waals surface area contributed by atoms with Crippen molar-refractivity contribution in [3.8, 4) is 0 Å². The lowest BCUT2D eigenvalue weighted by Gasteiger charge is -2.39. The van der Waals surface area contributed by atoms with Crippen molar-refractivity contribution < 1.29 is 9.90 Å². The van der Waals surface area contributed by atoms with E-state index in [-0.39, 0.29) is 0 Å². The summed E-state index contributed by atoms with van der Waals surface area (Å²) in [5, 5.41) is 13.1. The Bertz CT molecular complexity index is 399. The van der Waals surface area contributed by atoms with Crippen LogP contribution in [0.3, 0.4) is 0 Å². The van der Waals surface area contributed by atoms with Gasteiger partial charge in [-0.05, 0) is 65.6 Å². The van der Waals surface area contributed by atoms with Gasteiger partial charge < -0.3 is 10.0 Å². The maximum atomic E-state index is 11.8. The van der Waals surface area contributed by atoms with Gasteiger partial charge >= 0.3 is 5.97 Å². The zero-order chi connectivity index (χ0) is 15.0. The number of nitrogens with zero attached hydrogens (tertiary/aromatic N) is 2. The monoisotopic (exact) mass is 295 g/mol. The number of aliphatic carboxylic acids is 1. The summed E-state index contributed by atoms with van der Waals surface area (Å²) >= 11 is 0. The number of rotatable bonds is 5. The molecule has 0 radical (unpaired) electrons. The number of likely N-dealkylation sites (tertiary alicyclic amines) is 1. The number of carboxylic acid groups (broad SMARTS) is 1. The molecule has 120 valence electrons. The van der Waals surface area contributed by atoms with Crippen molar-refractivity contribution in [2.45, 2.75) is 68.6 Å². The highest BCUT2D eigenvalue weighted by atomic mass is 16.4. The summed E-state index contributed by atoms with van der Waals surface area (Å²) in [6.45, 7) is 2.31. The minimum absolute atomic E-state index is 0.406. The normalized spacial score (nSPS) is 38.0. The van der Waals surface area contributed by atoms with Crippen molar-refractivity contribution in [2.75, 3.05) is 27.2 Å². The number of piperidine rings is 1. The van der Waals surface area contributed by atoms with Crippen LogP contribution in [0.5, 0.6) is 0 Å². The van der Waals surface area contributed by atoms with E-state index in [0.717, 1.165) is 38.6 Å². The molecule has 3 unspecified atom stereocenters. The van der Waals surface area contributed by atoms with Gasteiger partial charge in [0.1, 0.15) is 5.54 Å². The molecule has 5 heteroatoms. The third-order valence-electron chi connectivity index (χ3n) is 5.71. The molecule has 2 N–H and O–H groups in total. The van der Waals surface area contributed by atoms with E-state index in [9.17, 15) is 9.90 Å². The van der Waals surface area contributed by atoms with E-state index >= 15 is 0 Å². The lowest BCUT2D eigenvalue weighted by molar-refractivity contribution is -0.145. The second kappa shape index (κ2) is 5.86. The van der Waals surface area contributed by atoms with Gasteiger partial charge in [-0.3, -0.25) is 15.0 Å². The predicted octanol–water partition coefficient (Wildman–Crippen LogP) is 1.14. The molecule has 1 saturated heterocycles.